The molecule has 112 heavy (non-hydrogen) atoms. The quantitative estimate of drug-likeness (QED) is 0.0958. The molecule has 0 aliphatic heterocycles. The minimum Gasteiger partial charge on any atom is -0.408 e. The van der Waals surface area contributed by atoms with Crippen LogP contribution in [-0.2, 0) is 48.7 Å². The van der Waals surface area contributed by atoms with Crippen LogP contribution in [0.5, 0.6) is 17.2 Å². The molecule has 0 aliphatic carbocycles. The van der Waals surface area contributed by atoms with Crippen molar-refractivity contribution in [3.05, 3.63) is 305 Å². The molecule has 0 N–H and O–H groups in total. The average molecular weight is 1500 g/mol. The first kappa shape index (κ1) is 81.9. The van der Waals surface area contributed by atoms with Crippen LogP contribution >= 0.6 is 8.60 Å². The summed E-state index contributed by atoms with van der Waals surface area (Å²) in [6, 6.07) is 95.1. The van der Waals surface area contributed by atoms with E-state index in [4.69, 9.17) is 13.6 Å². The van der Waals surface area contributed by atoms with E-state index in [2.05, 4.69) is 442 Å². The molecule has 0 saturated carbocycles. The van der Waals surface area contributed by atoms with E-state index in [1.54, 1.807) is 0 Å². The molecule has 0 unspecified atom stereocenters. The maximum atomic E-state index is 8.45. The highest BCUT2D eigenvalue weighted by Crippen LogP contribution is 2.60. The summed E-state index contributed by atoms with van der Waals surface area (Å²) >= 11 is 0. The van der Waals surface area contributed by atoms with Gasteiger partial charge in [-0.15, -0.1) is 0 Å². The molecule has 12 rings (SSSR count). The minimum absolute atomic E-state index is 0.216. The Morgan fingerprint density at radius 2 is 0.277 bits per heavy atom. The van der Waals surface area contributed by atoms with Crippen LogP contribution in [0.4, 0.5) is 0 Å². The van der Waals surface area contributed by atoms with Crippen molar-refractivity contribution in [1.29, 1.82) is 0 Å². The summed E-state index contributed by atoms with van der Waals surface area (Å²) < 4.78 is 25.4. The minimum atomic E-state index is -2.62. The van der Waals surface area contributed by atoms with Crippen molar-refractivity contribution in [3.8, 4) is 117 Å². The Hall–Kier alpha value is -9.53. The van der Waals surface area contributed by atoms with Crippen molar-refractivity contribution >= 4 is 8.60 Å². The molecule has 0 atom stereocenters. The molecule has 0 aliphatic rings. The van der Waals surface area contributed by atoms with E-state index < -0.39 is 8.60 Å². The normalized spacial score (nSPS) is 12.9. The Kier molecular flexibility index (Phi) is 22.5. The molecule has 0 fully saturated rings. The van der Waals surface area contributed by atoms with Crippen molar-refractivity contribution in [2.24, 2.45) is 0 Å². The van der Waals surface area contributed by atoms with Gasteiger partial charge in [-0.25, -0.2) is 0 Å². The summed E-state index contributed by atoms with van der Waals surface area (Å²) in [7, 11) is -2.62. The zero-order chi connectivity index (χ0) is 81.2. The van der Waals surface area contributed by atoms with Gasteiger partial charge in [-0.2, -0.15) is 0 Å². The monoisotopic (exact) mass is 1500 g/mol. The Morgan fingerprint density at radius 3 is 0.438 bits per heavy atom. The maximum absolute atomic E-state index is 8.45. The summed E-state index contributed by atoms with van der Waals surface area (Å²) in [6.07, 6.45) is 0. The molecule has 578 valence electrons. The van der Waals surface area contributed by atoms with Gasteiger partial charge in [-0.1, -0.05) is 424 Å². The summed E-state index contributed by atoms with van der Waals surface area (Å²) in [5.74, 6) is 1.90. The molecule has 0 saturated heterocycles. The van der Waals surface area contributed by atoms with E-state index in [0.717, 1.165) is 83.5 Å². The average Bonchev–Trinajstić information content (AvgIpc) is 0.738. The zero-order valence-electron chi connectivity index (χ0n) is 72.4. The van der Waals surface area contributed by atoms with Crippen molar-refractivity contribution in [1.82, 2.24) is 0 Å². The van der Waals surface area contributed by atoms with E-state index in [0.29, 0.717) is 17.2 Å². The third-order valence-electron chi connectivity index (χ3n) is 22.1. The lowest BCUT2D eigenvalue weighted by Gasteiger charge is -2.32. The zero-order valence-corrected chi connectivity index (χ0v) is 73.3. The van der Waals surface area contributed by atoms with E-state index >= 15 is 0 Å². The molecule has 0 heterocycles. The largest absolute Gasteiger partial charge is 0.530 e. The first-order chi connectivity index (χ1) is 52.3. The summed E-state index contributed by atoms with van der Waals surface area (Å²) in [5.41, 5.74) is 28.1. The molecule has 12 aromatic carbocycles. The van der Waals surface area contributed by atoms with Gasteiger partial charge in [-0.05, 0) is 184 Å². The van der Waals surface area contributed by atoms with E-state index in [1.165, 1.54) is 66.8 Å². The predicted molar refractivity (Wildman–Crippen MR) is 485 cm³/mol. The maximum Gasteiger partial charge on any atom is 0.530 e. The molecule has 3 nitrogen and oxygen atoms in total. The van der Waals surface area contributed by atoms with Gasteiger partial charge < -0.3 is 13.6 Å². The van der Waals surface area contributed by atoms with Gasteiger partial charge in [0.15, 0.2) is 0 Å². The standard InChI is InChI=1S/C108H123O3P/c1-100(2,3)82-55-37-28-46-70(82)73-64-67-91(97(79-52-34-43-61-88(79)106(19,20)21)94(73)76-49-31-40-58-85(76)103(10,11)12)109-112(110-92-68-65-74(71-47-29-38-56-83(71)101(4,5)6)95(77-50-32-41-59-86(77)104(13,14)15)98(92)80-53-35-44-62-89(80)107(22,23)24)111-93-69-66-75(72-48-30-39-57-84(72)102(7,8)9)96(78-51-33-42-60-87(78)105(16,17)18)99(93)81-54-36-45-63-90(81)108(25,26)27/h28-69H,1-27H3. The Bertz CT molecular complexity index is 4900. The lowest BCUT2D eigenvalue weighted by atomic mass is 9.74. The molecule has 0 spiro atoms. The van der Waals surface area contributed by atoms with Crippen molar-refractivity contribution in [2.45, 2.75) is 236 Å². The Balaban J connectivity index is 1.31. The Labute approximate surface area is 675 Å². The fourth-order valence-corrected chi connectivity index (χ4v) is 17.9. The summed E-state index contributed by atoms with van der Waals surface area (Å²) in [4.78, 5) is 0. The van der Waals surface area contributed by atoms with Crippen molar-refractivity contribution in [2.75, 3.05) is 0 Å². The second-order valence-electron chi connectivity index (χ2n) is 40.2. The lowest BCUT2D eigenvalue weighted by Crippen LogP contribution is -2.16. The lowest BCUT2D eigenvalue weighted by molar-refractivity contribution is 0.390. The smallest absolute Gasteiger partial charge is 0.408 e. The molecule has 12 aromatic rings. The van der Waals surface area contributed by atoms with Crippen LogP contribution in [0.3, 0.4) is 0 Å². The first-order valence-electron chi connectivity index (χ1n) is 40.6. The summed E-state index contributed by atoms with van der Waals surface area (Å²) in [6.45, 7) is 63.0. The molecule has 0 radical (unpaired) electrons. The van der Waals surface area contributed by atoms with Gasteiger partial charge in [0, 0.05) is 33.4 Å². The highest BCUT2D eigenvalue weighted by atomic mass is 31.2. The van der Waals surface area contributed by atoms with Crippen LogP contribution in [0.25, 0.3) is 100 Å². The molecule has 4 heteroatoms. The van der Waals surface area contributed by atoms with E-state index in [-0.39, 0.29) is 48.7 Å². The number of hydrogen-bond acceptors (Lipinski definition) is 3. The molecular weight excluding hydrogens is 1380 g/mol. The molecule has 0 bridgehead atoms. The van der Waals surface area contributed by atoms with Crippen LogP contribution in [0.1, 0.15) is 237 Å². The highest BCUT2D eigenvalue weighted by Gasteiger charge is 2.38. The van der Waals surface area contributed by atoms with Crippen LogP contribution in [-0.4, -0.2) is 0 Å². The topological polar surface area (TPSA) is 27.7 Å². The van der Waals surface area contributed by atoms with Crippen LogP contribution in [0.15, 0.2) is 255 Å². The Morgan fingerprint density at radius 1 is 0.143 bits per heavy atom. The SMILES string of the molecule is CC(C)(C)c1ccccc1-c1ccc(OP(Oc2ccc(-c3ccccc3C(C)(C)C)c(-c3ccccc3C(C)(C)C)c2-c2ccccc2C(C)(C)C)Oc2ccc(-c3ccccc3C(C)(C)C)c(-c3ccccc3C(C)(C)C)c2-c2ccccc2C(C)(C)C)c(-c2ccccc2C(C)(C)C)c1-c1ccccc1C(C)(C)C. The highest BCUT2D eigenvalue weighted by molar-refractivity contribution is 7.43. The van der Waals surface area contributed by atoms with Crippen molar-refractivity contribution in [3.63, 3.8) is 0 Å². The fraction of sp³-hybridized carbons (Fsp3) is 0.333. The third kappa shape index (κ3) is 16.9. The second kappa shape index (κ2) is 30.8. The van der Waals surface area contributed by atoms with Crippen molar-refractivity contribution < 1.29 is 13.6 Å². The molecule has 0 amide bonds. The van der Waals surface area contributed by atoms with Crippen LogP contribution in [0.2, 0.25) is 0 Å². The van der Waals surface area contributed by atoms with Crippen LogP contribution in [0, 0.1) is 0 Å². The first-order valence-corrected chi connectivity index (χ1v) is 41.7. The van der Waals surface area contributed by atoms with E-state index in [1.807, 2.05) is 0 Å². The van der Waals surface area contributed by atoms with E-state index in [9.17, 15) is 0 Å². The molecular formula is C108H123O3P. The van der Waals surface area contributed by atoms with Gasteiger partial charge in [-0.3, -0.25) is 0 Å². The predicted octanol–water partition coefficient (Wildman–Crippen LogP) is 32.1. The third-order valence-corrected chi connectivity index (χ3v) is 23.2. The van der Waals surface area contributed by atoms with Gasteiger partial charge >= 0.3 is 8.60 Å². The number of hydrogen-bond donors (Lipinski definition) is 0. The van der Waals surface area contributed by atoms with Gasteiger partial charge in [0.25, 0.3) is 0 Å². The number of benzene rings is 12. The van der Waals surface area contributed by atoms with Crippen LogP contribution < -0.4 is 13.6 Å². The van der Waals surface area contributed by atoms with Gasteiger partial charge in [0.1, 0.15) is 17.2 Å². The van der Waals surface area contributed by atoms with Gasteiger partial charge in [0.2, 0.25) is 0 Å². The fourth-order valence-electron chi connectivity index (χ4n) is 16.8. The molecule has 0 aromatic heterocycles. The second-order valence-corrected chi connectivity index (χ2v) is 41.2. The van der Waals surface area contributed by atoms with Gasteiger partial charge in [0.05, 0.1) is 0 Å². The number of rotatable bonds is 15. The summed E-state index contributed by atoms with van der Waals surface area (Å²) in [5, 5.41) is 0.